The van der Waals surface area contributed by atoms with Crippen molar-refractivity contribution in [1.29, 1.82) is 0 Å². The van der Waals surface area contributed by atoms with Crippen molar-refractivity contribution in [2.75, 3.05) is 13.2 Å². The lowest BCUT2D eigenvalue weighted by atomic mass is 10.1. The standard InChI is InChI=1S/C12H23F2NO/c1-2-8-15-10-6-4-3-5-7-11(10)16-9-12(13)14/h10-12,15H,2-9H2,1H3. The van der Waals surface area contributed by atoms with Crippen molar-refractivity contribution in [3.8, 4) is 0 Å². The average Bonchev–Trinajstić information content (AvgIpc) is 2.48. The Hall–Kier alpha value is -0.220. The van der Waals surface area contributed by atoms with Gasteiger partial charge in [-0.2, -0.15) is 0 Å². The minimum atomic E-state index is -2.35. The predicted octanol–water partition coefficient (Wildman–Crippen LogP) is 2.97. The van der Waals surface area contributed by atoms with Gasteiger partial charge in [-0.25, -0.2) is 8.78 Å². The summed E-state index contributed by atoms with van der Waals surface area (Å²) in [5.74, 6) is 0. The van der Waals surface area contributed by atoms with Crippen molar-refractivity contribution in [3.05, 3.63) is 0 Å². The van der Waals surface area contributed by atoms with Crippen molar-refractivity contribution in [2.45, 2.75) is 64.0 Å². The van der Waals surface area contributed by atoms with E-state index in [2.05, 4.69) is 12.2 Å². The van der Waals surface area contributed by atoms with Gasteiger partial charge >= 0.3 is 0 Å². The smallest absolute Gasteiger partial charge is 0.261 e. The van der Waals surface area contributed by atoms with Crippen LogP contribution >= 0.6 is 0 Å². The fourth-order valence-corrected chi connectivity index (χ4v) is 2.23. The molecule has 2 atom stereocenters. The van der Waals surface area contributed by atoms with Crippen LogP contribution < -0.4 is 5.32 Å². The molecule has 0 aromatic rings. The molecule has 4 heteroatoms. The molecule has 2 unspecified atom stereocenters. The summed E-state index contributed by atoms with van der Waals surface area (Å²) >= 11 is 0. The number of nitrogens with one attached hydrogen (secondary N) is 1. The molecule has 0 aliphatic heterocycles. The van der Waals surface area contributed by atoms with Crippen LogP contribution in [0.5, 0.6) is 0 Å². The Morgan fingerprint density at radius 1 is 1.25 bits per heavy atom. The lowest BCUT2D eigenvalue weighted by molar-refractivity contribution is -0.0401. The molecule has 96 valence electrons. The van der Waals surface area contributed by atoms with E-state index in [9.17, 15) is 8.78 Å². The van der Waals surface area contributed by atoms with Crippen molar-refractivity contribution in [3.63, 3.8) is 0 Å². The summed E-state index contributed by atoms with van der Waals surface area (Å²) in [6.45, 7) is 2.63. The van der Waals surface area contributed by atoms with Crippen molar-refractivity contribution < 1.29 is 13.5 Å². The number of hydrogen-bond acceptors (Lipinski definition) is 2. The SMILES string of the molecule is CCCNC1CCCCCC1OCC(F)F. The highest BCUT2D eigenvalue weighted by Gasteiger charge is 2.24. The monoisotopic (exact) mass is 235 g/mol. The van der Waals surface area contributed by atoms with Crippen LogP contribution in [0.2, 0.25) is 0 Å². The molecule has 0 aromatic heterocycles. The van der Waals surface area contributed by atoms with Gasteiger partial charge in [0.15, 0.2) is 0 Å². The first-order valence-corrected chi connectivity index (χ1v) is 6.37. The van der Waals surface area contributed by atoms with Gasteiger partial charge in [0.1, 0.15) is 6.61 Å². The highest BCUT2D eigenvalue weighted by Crippen LogP contribution is 2.21. The zero-order chi connectivity index (χ0) is 11.8. The fourth-order valence-electron chi connectivity index (χ4n) is 2.23. The molecular formula is C12H23F2NO. The minimum Gasteiger partial charge on any atom is -0.371 e. The fraction of sp³-hybridized carbons (Fsp3) is 1.00. The highest BCUT2D eigenvalue weighted by atomic mass is 19.3. The lowest BCUT2D eigenvalue weighted by Gasteiger charge is -2.26. The molecule has 2 nitrogen and oxygen atoms in total. The van der Waals surface area contributed by atoms with Crippen LogP contribution in [-0.4, -0.2) is 31.7 Å². The third-order valence-corrected chi connectivity index (χ3v) is 3.05. The topological polar surface area (TPSA) is 21.3 Å². The van der Waals surface area contributed by atoms with Gasteiger partial charge in [-0.15, -0.1) is 0 Å². The van der Waals surface area contributed by atoms with Gasteiger partial charge in [0.25, 0.3) is 6.43 Å². The molecule has 0 radical (unpaired) electrons. The van der Waals surface area contributed by atoms with Crippen LogP contribution in [-0.2, 0) is 4.74 Å². The Kier molecular flexibility index (Phi) is 6.88. The Labute approximate surface area is 96.7 Å². The van der Waals surface area contributed by atoms with Gasteiger partial charge in [-0.05, 0) is 25.8 Å². The third kappa shape index (κ3) is 5.21. The first-order chi connectivity index (χ1) is 7.74. The van der Waals surface area contributed by atoms with E-state index in [1.165, 1.54) is 12.8 Å². The van der Waals surface area contributed by atoms with E-state index >= 15 is 0 Å². The molecule has 0 aromatic carbocycles. The van der Waals surface area contributed by atoms with E-state index < -0.39 is 13.0 Å². The van der Waals surface area contributed by atoms with Crippen LogP contribution in [0.15, 0.2) is 0 Å². The third-order valence-electron chi connectivity index (χ3n) is 3.05. The Bertz CT molecular complexity index is 178. The molecule has 1 aliphatic rings. The van der Waals surface area contributed by atoms with E-state index in [0.717, 1.165) is 32.2 Å². The molecular weight excluding hydrogens is 212 g/mol. The van der Waals surface area contributed by atoms with E-state index in [-0.39, 0.29) is 12.1 Å². The van der Waals surface area contributed by atoms with Crippen LogP contribution in [0.3, 0.4) is 0 Å². The second-order valence-electron chi connectivity index (χ2n) is 4.46. The van der Waals surface area contributed by atoms with Crippen molar-refractivity contribution in [1.82, 2.24) is 5.32 Å². The molecule has 1 N–H and O–H groups in total. The minimum absolute atomic E-state index is 0.0250. The van der Waals surface area contributed by atoms with E-state index in [1.54, 1.807) is 0 Å². The molecule has 1 aliphatic carbocycles. The summed E-state index contributed by atoms with van der Waals surface area (Å²) in [5, 5.41) is 3.42. The zero-order valence-corrected chi connectivity index (χ0v) is 10.1. The molecule has 0 bridgehead atoms. The molecule has 0 heterocycles. The van der Waals surface area contributed by atoms with E-state index in [4.69, 9.17) is 4.74 Å². The van der Waals surface area contributed by atoms with Crippen molar-refractivity contribution >= 4 is 0 Å². The molecule has 1 rings (SSSR count). The predicted molar refractivity (Wildman–Crippen MR) is 60.9 cm³/mol. The van der Waals surface area contributed by atoms with Gasteiger partial charge in [-0.1, -0.05) is 26.2 Å². The second kappa shape index (κ2) is 7.96. The molecule has 1 saturated carbocycles. The maximum absolute atomic E-state index is 12.1. The Morgan fingerprint density at radius 3 is 2.69 bits per heavy atom. The summed E-state index contributed by atoms with van der Waals surface area (Å²) in [6.07, 6.45) is 4.12. The lowest BCUT2D eigenvalue weighted by Crippen LogP contribution is -2.41. The van der Waals surface area contributed by atoms with Crippen LogP contribution in [0.25, 0.3) is 0 Å². The number of rotatable bonds is 6. The molecule has 0 spiro atoms. The Morgan fingerprint density at radius 2 is 2.00 bits per heavy atom. The summed E-state index contributed by atoms with van der Waals surface area (Å²) in [5.41, 5.74) is 0. The van der Waals surface area contributed by atoms with Crippen LogP contribution in [0, 0.1) is 0 Å². The van der Waals surface area contributed by atoms with Gasteiger partial charge in [0.05, 0.1) is 6.10 Å². The summed E-state index contributed by atoms with van der Waals surface area (Å²) < 4.78 is 29.6. The van der Waals surface area contributed by atoms with E-state index in [0.29, 0.717) is 0 Å². The van der Waals surface area contributed by atoms with Crippen LogP contribution in [0.1, 0.15) is 45.4 Å². The highest BCUT2D eigenvalue weighted by molar-refractivity contribution is 4.80. The van der Waals surface area contributed by atoms with Crippen LogP contribution in [0.4, 0.5) is 8.78 Å². The molecule has 0 amide bonds. The first-order valence-electron chi connectivity index (χ1n) is 6.37. The largest absolute Gasteiger partial charge is 0.371 e. The summed E-state index contributed by atoms with van der Waals surface area (Å²) in [6, 6.07) is 0.265. The summed E-state index contributed by atoms with van der Waals surface area (Å²) in [4.78, 5) is 0. The zero-order valence-electron chi connectivity index (χ0n) is 10.1. The van der Waals surface area contributed by atoms with Crippen molar-refractivity contribution in [2.24, 2.45) is 0 Å². The molecule has 1 fully saturated rings. The second-order valence-corrected chi connectivity index (χ2v) is 4.46. The normalized spacial score (nSPS) is 27.0. The number of hydrogen-bond donors (Lipinski definition) is 1. The van der Waals surface area contributed by atoms with Gasteiger partial charge in [-0.3, -0.25) is 0 Å². The Balaban J connectivity index is 2.38. The maximum Gasteiger partial charge on any atom is 0.261 e. The van der Waals surface area contributed by atoms with Gasteiger partial charge < -0.3 is 10.1 Å². The van der Waals surface area contributed by atoms with Gasteiger partial charge in [0, 0.05) is 6.04 Å². The molecule has 0 saturated heterocycles. The average molecular weight is 235 g/mol. The van der Waals surface area contributed by atoms with E-state index in [1.807, 2.05) is 0 Å². The number of alkyl halides is 2. The quantitative estimate of drug-likeness (QED) is 0.715. The molecule has 16 heavy (non-hydrogen) atoms. The first kappa shape index (κ1) is 13.8. The maximum atomic E-state index is 12.1. The van der Waals surface area contributed by atoms with Gasteiger partial charge in [0.2, 0.25) is 0 Å². The summed E-state index contributed by atoms with van der Waals surface area (Å²) in [7, 11) is 0. The number of halogens is 2. The number of ether oxygens (including phenoxy) is 1.